The molecular weight excluding hydrogens is 202 g/mol. The molecule has 7 nitrogen and oxygen atoms in total. The molecule has 82 valence electrons. The minimum Gasteiger partial charge on any atom is -0.480 e. The highest BCUT2D eigenvalue weighted by atomic mass is 16.5. The first-order valence-corrected chi connectivity index (χ1v) is 4.26. The Labute approximate surface area is 85.4 Å². The lowest BCUT2D eigenvalue weighted by molar-refractivity contribution is -0.138. The van der Waals surface area contributed by atoms with Crippen LogP contribution in [-0.2, 0) is 11.3 Å². The van der Waals surface area contributed by atoms with Crippen LogP contribution in [0.15, 0.2) is 16.9 Å². The maximum absolute atomic E-state index is 11.1. The van der Waals surface area contributed by atoms with Crippen molar-refractivity contribution in [1.82, 2.24) is 15.8 Å². The Bertz CT molecular complexity index is 336. The van der Waals surface area contributed by atoms with Crippen molar-refractivity contribution in [2.75, 3.05) is 0 Å². The van der Waals surface area contributed by atoms with E-state index in [1.54, 1.807) is 6.07 Å². The molecule has 0 radical (unpaired) electrons. The van der Waals surface area contributed by atoms with Crippen molar-refractivity contribution in [3.05, 3.63) is 18.0 Å². The van der Waals surface area contributed by atoms with Gasteiger partial charge < -0.3 is 20.3 Å². The molecule has 1 aromatic rings. The summed E-state index contributed by atoms with van der Waals surface area (Å²) >= 11 is 0. The molecule has 1 aromatic heterocycles. The van der Waals surface area contributed by atoms with Crippen LogP contribution in [0.1, 0.15) is 12.6 Å². The maximum atomic E-state index is 11.1. The molecular formula is C8H11N3O4. The summed E-state index contributed by atoms with van der Waals surface area (Å²) in [5, 5.41) is 16.8. The summed E-state index contributed by atoms with van der Waals surface area (Å²) in [7, 11) is 0. The second-order valence-corrected chi connectivity index (χ2v) is 2.88. The highest BCUT2D eigenvalue weighted by Crippen LogP contribution is 1.92. The molecule has 0 spiro atoms. The summed E-state index contributed by atoms with van der Waals surface area (Å²) in [6.45, 7) is 1.56. The lowest BCUT2D eigenvalue weighted by Gasteiger charge is -2.09. The number of hydrogen-bond donors (Lipinski definition) is 3. The zero-order valence-electron chi connectivity index (χ0n) is 8.06. The van der Waals surface area contributed by atoms with Gasteiger partial charge in [-0.2, -0.15) is 0 Å². The third kappa shape index (κ3) is 3.67. The van der Waals surface area contributed by atoms with Crippen molar-refractivity contribution in [2.45, 2.75) is 19.5 Å². The molecule has 1 heterocycles. The molecule has 1 rings (SSSR count). The van der Waals surface area contributed by atoms with Gasteiger partial charge in [0.05, 0.1) is 6.54 Å². The number of hydrogen-bond acceptors (Lipinski definition) is 4. The number of nitrogens with one attached hydrogen (secondary N) is 2. The van der Waals surface area contributed by atoms with Gasteiger partial charge in [0.15, 0.2) is 0 Å². The number of urea groups is 1. The Morgan fingerprint density at radius 3 is 2.93 bits per heavy atom. The molecule has 0 saturated heterocycles. The summed E-state index contributed by atoms with van der Waals surface area (Å²) in [6, 6.07) is 0.108. The van der Waals surface area contributed by atoms with E-state index in [0.29, 0.717) is 5.69 Å². The number of carboxylic acid groups (broad SMARTS) is 1. The fourth-order valence-electron chi connectivity index (χ4n) is 0.809. The molecule has 0 aromatic carbocycles. The molecule has 0 aliphatic carbocycles. The molecule has 0 bridgehead atoms. The van der Waals surface area contributed by atoms with Crippen molar-refractivity contribution in [3.63, 3.8) is 0 Å². The quantitative estimate of drug-likeness (QED) is 0.650. The minimum absolute atomic E-state index is 0.189. The van der Waals surface area contributed by atoms with Crippen LogP contribution in [0.5, 0.6) is 0 Å². The SMILES string of the molecule is C[C@H](NC(=O)NCc1ccon1)C(=O)O. The van der Waals surface area contributed by atoms with Gasteiger partial charge in [0.2, 0.25) is 0 Å². The van der Waals surface area contributed by atoms with Crippen molar-refractivity contribution in [3.8, 4) is 0 Å². The fourth-order valence-corrected chi connectivity index (χ4v) is 0.809. The standard InChI is InChI=1S/C8H11N3O4/c1-5(7(12)13)10-8(14)9-4-6-2-3-15-11-6/h2-3,5H,4H2,1H3,(H,12,13)(H2,9,10,14)/t5-/m0/s1. The van der Waals surface area contributed by atoms with Gasteiger partial charge in [-0.3, -0.25) is 4.79 Å². The van der Waals surface area contributed by atoms with Crippen LogP contribution in [-0.4, -0.2) is 28.3 Å². The van der Waals surface area contributed by atoms with E-state index in [1.807, 2.05) is 0 Å². The minimum atomic E-state index is -1.09. The van der Waals surface area contributed by atoms with Gasteiger partial charge in [0.25, 0.3) is 0 Å². The molecule has 0 unspecified atom stereocenters. The number of amides is 2. The zero-order chi connectivity index (χ0) is 11.3. The maximum Gasteiger partial charge on any atom is 0.325 e. The van der Waals surface area contributed by atoms with Crippen LogP contribution >= 0.6 is 0 Å². The van der Waals surface area contributed by atoms with E-state index < -0.39 is 18.0 Å². The first-order valence-electron chi connectivity index (χ1n) is 4.26. The molecule has 0 fully saturated rings. The zero-order valence-corrected chi connectivity index (χ0v) is 8.06. The van der Waals surface area contributed by atoms with E-state index in [-0.39, 0.29) is 6.54 Å². The molecule has 1 atom stereocenters. The summed E-state index contributed by atoms with van der Waals surface area (Å²) in [4.78, 5) is 21.5. The summed E-state index contributed by atoms with van der Waals surface area (Å²) in [5.74, 6) is -1.09. The Hall–Kier alpha value is -2.05. The van der Waals surface area contributed by atoms with Crippen LogP contribution in [0.2, 0.25) is 0 Å². The average Bonchev–Trinajstić information content (AvgIpc) is 2.66. The van der Waals surface area contributed by atoms with E-state index in [9.17, 15) is 9.59 Å². The molecule has 2 amide bonds. The van der Waals surface area contributed by atoms with E-state index in [0.717, 1.165) is 0 Å². The largest absolute Gasteiger partial charge is 0.480 e. The third-order valence-electron chi connectivity index (χ3n) is 1.64. The number of aliphatic carboxylic acids is 1. The highest BCUT2D eigenvalue weighted by molar-refractivity contribution is 5.82. The number of carbonyl (C=O) groups is 2. The lowest BCUT2D eigenvalue weighted by Crippen LogP contribution is -2.44. The van der Waals surface area contributed by atoms with Crippen molar-refractivity contribution in [1.29, 1.82) is 0 Å². The monoisotopic (exact) mass is 213 g/mol. The van der Waals surface area contributed by atoms with E-state index in [2.05, 4.69) is 20.3 Å². The van der Waals surface area contributed by atoms with Crippen LogP contribution in [0.25, 0.3) is 0 Å². The second-order valence-electron chi connectivity index (χ2n) is 2.88. The average molecular weight is 213 g/mol. The molecule has 0 aliphatic heterocycles. The summed E-state index contributed by atoms with van der Waals surface area (Å²) in [5.41, 5.74) is 0.563. The van der Waals surface area contributed by atoms with Crippen LogP contribution in [0.4, 0.5) is 4.79 Å². The van der Waals surface area contributed by atoms with Gasteiger partial charge in [0.1, 0.15) is 18.0 Å². The van der Waals surface area contributed by atoms with Gasteiger partial charge in [-0.25, -0.2) is 4.79 Å². The Kier molecular flexibility index (Phi) is 3.67. The predicted molar refractivity (Wildman–Crippen MR) is 49.0 cm³/mol. The first kappa shape index (κ1) is 11.0. The first-order chi connectivity index (χ1) is 7.09. The van der Waals surface area contributed by atoms with Crippen LogP contribution < -0.4 is 10.6 Å². The highest BCUT2D eigenvalue weighted by Gasteiger charge is 2.13. The van der Waals surface area contributed by atoms with E-state index in [1.165, 1.54) is 13.2 Å². The van der Waals surface area contributed by atoms with Crippen molar-refractivity contribution >= 4 is 12.0 Å². The Morgan fingerprint density at radius 2 is 2.40 bits per heavy atom. The Morgan fingerprint density at radius 1 is 1.67 bits per heavy atom. The second kappa shape index (κ2) is 4.99. The Balaban J connectivity index is 2.28. The third-order valence-corrected chi connectivity index (χ3v) is 1.64. The smallest absolute Gasteiger partial charge is 0.325 e. The van der Waals surface area contributed by atoms with Gasteiger partial charge in [0, 0.05) is 6.07 Å². The van der Waals surface area contributed by atoms with Crippen LogP contribution in [0, 0.1) is 0 Å². The van der Waals surface area contributed by atoms with E-state index in [4.69, 9.17) is 5.11 Å². The molecule has 0 aliphatic rings. The number of carbonyl (C=O) groups excluding carboxylic acids is 1. The predicted octanol–water partition coefficient (Wildman–Crippen LogP) is -0.0531. The summed E-state index contributed by atoms with van der Waals surface area (Å²) < 4.78 is 4.55. The normalized spacial score (nSPS) is 11.8. The summed E-state index contributed by atoms with van der Waals surface area (Å²) in [6.07, 6.45) is 1.38. The van der Waals surface area contributed by atoms with Gasteiger partial charge in [-0.1, -0.05) is 5.16 Å². The molecule has 3 N–H and O–H groups in total. The topological polar surface area (TPSA) is 104 Å². The number of nitrogens with zero attached hydrogens (tertiary/aromatic N) is 1. The van der Waals surface area contributed by atoms with Crippen LogP contribution in [0.3, 0.4) is 0 Å². The van der Waals surface area contributed by atoms with Gasteiger partial charge in [-0.05, 0) is 6.92 Å². The molecule has 15 heavy (non-hydrogen) atoms. The lowest BCUT2D eigenvalue weighted by atomic mass is 10.3. The fraction of sp³-hybridized carbons (Fsp3) is 0.375. The number of aromatic nitrogens is 1. The van der Waals surface area contributed by atoms with E-state index >= 15 is 0 Å². The van der Waals surface area contributed by atoms with Gasteiger partial charge >= 0.3 is 12.0 Å². The molecule has 7 heteroatoms. The van der Waals surface area contributed by atoms with Crippen molar-refractivity contribution < 1.29 is 19.2 Å². The van der Waals surface area contributed by atoms with Gasteiger partial charge in [-0.15, -0.1) is 0 Å². The molecule has 0 saturated carbocycles. The van der Waals surface area contributed by atoms with Crippen molar-refractivity contribution in [2.24, 2.45) is 0 Å². The number of carboxylic acids is 1. The number of rotatable bonds is 4.